The molecule has 0 atom stereocenters. The molecule has 3 N–H and O–H groups in total. The number of primary amides is 1. The van der Waals surface area contributed by atoms with Gasteiger partial charge in [0.1, 0.15) is 5.00 Å². The van der Waals surface area contributed by atoms with Crippen LogP contribution in [0.3, 0.4) is 0 Å². The van der Waals surface area contributed by atoms with E-state index < -0.39 is 5.91 Å². The van der Waals surface area contributed by atoms with Gasteiger partial charge in [-0.25, -0.2) is 0 Å². The number of thiophene rings is 1. The van der Waals surface area contributed by atoms with Gasteiger partial charge in [0.25, 0.3) is 11.8 Å². The molecule has 1 aromatic heterocycles. The molecule has 134 valence electrons. The summed E-state index contributed by atoms with van der Waals surface area (Å²) in [5.74, 6) is -0.691. The van der Waals surface area contributed by atoms with Gasteiger partial charge >= 0.3 is 0 Å². The van der Waals surface area contributed by atoms with Crippen LogP contribution in [-0.4, -0.2) is 30.3 Å². The number of hydrogen-bond acceptors (Lipinski definition) is 4. The van der Waals surface area contributed by atoms with Gasteiger partial charge in [-0.3, -0.25) is 9.59 Å². The van der Waals surface area contributed by atoms with E-state index in [4.69, 9.17) is 5.73 Å². The maximum atomic E-state index is 12.6. The third kappa shape index (κ3) is 4.03. The molecule has 1 aliphatic rings. The number of likely N-dealkylation sites (N-methyl/N-ethyl adjacent to an activating group) is 1. The summed E-state index contributed by atoms with van der Waals surface area (Å²) in [6, 6.07) is 5.70. The zero-order valence-corrected chi connectivity index (χ0v) is 16.1. The normalized spacial score (nSPS) is 13.7. The fraction of sp³-hybridized carbons (Fsp3) is 0.333. The number of amides is 2. The Morgan fingerprint density at radius 3 is 2.44 bits per heavy atom. The van der Waals surface area contributed by atoms with E-state index in [1.165, 1.54) is 11.3 Å². The molecule has 0 radical (unpaired) electrons. The lowest BCUT2D eigenvalue weighted by Crippen LogP contribution is -2.27. The first-order valence-corrected chi connectivity index (χ1v) is 8.69. The van der Waals surface area contributed by atoms with Crippen LogP contribution in [0, 0.1) is 13.8 Å². The summed E-state index contributed by atoms with van der Waals surface area (Å²) >= 11 is 1.45. The molecule has 1 aliphatic heterocycles. The van der Waals surface area contributed by atoms with E-state index >= 15 is 0 Å². The highest BCUT2D eigenvalue weighted by Crippen LogP contribution is 2.36. The minimum Gasteiger partial charge on any atom is -0.365 e. The highest BCUT2D eigenvalue weighted by molar-refractivity contribution is 7.17. The summed E-state index contributed by atoms with van der Waals surface area (Å²) in [5.41, 5.74) is 9.69. The number of nitrogens with two attached hydrogens (primary N) is 1. The van der Waals surface area contributed by atoms with Crippen LogP contribution in [0.1, 0.15) is 42.3 Å². The number of carbonyl (C=O) groups is 2. The van der Waals surface area contributed by atoms with Crippen LogP contribution in [0.2, 0.25) is 0 Å². The van der Waals surface area contributed by atoms with E-state index in [9.17, 15) is 9.59 Å². The molecular formula is C18H22ClN3O2S. The number of nitrogens with one attached hydrogen (secondary N) is 1. The van der Waals surface area contributed by atoms with Crippen molar-refractivity contribution in [2.45, 2.75) is 26.8 Å². The van der Waals surface area contributed by atoms with E-state index in [0.29, 0.717) is 16.1 Å². The first-order chi connectivity index (χ1) is 11.3. The van der Waals surface area contributed by atoms with E-state index in [1.807, 2.05) is 39.1 Å². The van der Waals surface area contributed by atoms with Crippen molar-refractivity contribution in [3.63, 3.8) is 0 Å². The van der Waals surface area contributed by atoms with Gasteiger partial charge in [0.15, 0.2) is 0 Å². The third-order valence-corrected chi connectivity index (χ3v) is 5.34. The molecule has 3 rings (SSSR count). The highest BCUT2D eigenvalue weighted by Gasteiger charge is 2.26. The Morgan fingerprint density at radius 1 is 1.20 bits per heavy atom. The molecule has 1 aromatic carbocycles. The quantitative estimate of drug-likeness (QED) is 0.860. The SMILES string of the molecule is Cc1cc(C)cc(C(=O)Nc2sc3c(c2C(N)=O)CCN(C)C3)c1.Cl. The van der Waals surface area contributed by atoms with Gasteiger partial charge in [-0.1, -0.05) is 17.2 Å². The number of aryl methyl sites for hydroxylation is 2. The van der Waals surface area contributed by atoms with Crippen molar-refractivity contribution in [1.29, 1.82) is 0 Å². The molecule has 25 heavy (non-hydrogen) atoms. The van der Waals surface area contributed by atoms with Crippen molar-refractivity contribution in [3.8, 4) is 0 Å². The minimum absolute atomic E-state index is 0. The molecule has 2 aromatic rings. The van der Waals surface area contributed by atoms with Crippen molar-refractivity contribution in [1.82, 2.24) is 4.90 Å². The second kappa shape index (κ2) is 7.56. The lowest BCUT2D eigenvalue weighted by atomic mass is 10.0. The molecule has 0 spiro atoms. The van der Waals surface area contributed by atoms with Crippen molar-refractivity contribution in [2.24, 2.45) is 5.73 Å². The van der Waals surface area contributed by atoms with Crippen LogP contribution < -0.4 is 11.1 Å². The molecule has 0 bridgehead atoms. The number of fused-ring (bicyclic) bond motifs is 1. The van der Waals surface area contributed by atoms with E-state index in [-0.39, 0.29) is 18.3 Å². The Kier molecular flexibility index (Phi) is 5.87. The first kappa shape index (κ1) is 19.4. The van der Waals surface area contributed by atoms with Gasteiger partial charge in [-0.2, -0.15) is 0 Å². The standard InChI is InChI=1S/C18H21N3O2S.ClH/c1-10-6-11(2)8-12(7-10)17(23)20-18-15(16(19)22)13-4-5-21(3)9-14(13)24-18;/h6-8H,4-5,9H2,1-3H3,(H2,19,22)(H,20,23);1H. The fourth-order valence-electron chi connectivity index (χ4n) is 3.16. The summed E-state index contributed by atoms with van der Waals surface area (Å²) in [4.78, 5) is 27.8. The van der Waals surface area contributed by atoms with Gasteiger partial charge in [-0.05, 0) is 45.0 Å². The fourth-order valence-corrected chi connectivity index (χ4v) is 4.49. The van der Waals surface area contributed by atoms with E-state index in [0.717, 1.165) is 41.1 Å². The van der Waals surface area contributed by atoms with Crippen LogP contribution in [0.4, 0.5) is 5.00 Å². The molecule has 0 fully saturated rings. The molecule has 2 heterocycles. The largest absolute Gasteiger partial charge is 0.365 e. The molecule has 0 unspecified atom stereocenters. The molecule has 2 amide bonds. The van der Waals surface area contributed by atoms with Crippen molar-refractivity contribution >= 4 is 40.6 Å². The number of nitrogens with zero attached hydrogens (tertiary/aromatic N) is 1. The Balaban J connectivity index is 0.00000225. The van der Waals surface area contributed by atoms with Gasteiger partial charge in [-0.15, -0.1) is 23.7 Å². The Morgan fingerprint density at radius 2 is 1.84 bits per heavy atom. The average molecular weight is 380 g/mol. The number of hydrogen-bond donors (Lipinski definition) is 2. The molecule has 0 saturated heterocycles. The zero-order valence-electron chi connectivity index (χ0n) is 14.5. The molecule has 7 heteroatoms. The maximum Gasteiger partial charge on any atom is 0.256 e. The zero-order chi connectivity index (χ0) is 17.4. The lowest BCUT2D eigenvalue weighted by Gasteiger charge is -2.22. The molecule has 0 aliphatic carbocycles. The van der Waals surface area contributed by atoms with E-state index in [1.54, 1.807) is 0 Å². The van der Waals surface area contributed by atoms with Crippen molar-refractivity contribution in [2.75, 3.05) is 18.9 Å². The molecule has 5 nitrogen and oxygen atoms in total. The Bertz CT molecular complexity index is 812. The number of halogens is 1. The Labute approximate surface area is 157 Å². The number of benzene rings is 1. The van der Waals surface area contributed by atoms with Gasteiger partial charge in [0, 0.05) is 23.5 Å². The topological polar surface area (TPSA) is 75.4 Å². The van der Waals surface area contributed by atoms with Crippen molar-refractivity contribution < 1.29 is 9.59 Å². The van der Waals surface area contributed by atoms with Gasteiger partial charge in [0.2, 0.25) is 0 Å². The van der Waals surface area contributed by atoms with Crippen LogP contribution in [0.5, 0.6) is 0 Å². The summed E-state index contributed by atoms with van der Waals surface area (Å²) in [7, 11) is 2.04. The monoisotopic (exact) mass is 379 g/mol. The predicted octanol–water partition coefficient (Wildman–Crippen LogP) is 3.13. The molecule has 0 saturated carbocycles. The third-order valence-electron chi connectivity index (χ3n) is 4.21. The second-order valence-corrected chi connectivity index (χ2v) is 7.50. The van der Waals surface area contributed by atoms with Crippen LogP contribution in [-0.2, 0) is 13.0 Å². The average Bonchev–Trinajstić information content (AvgIpc) is 2.83. The second-order valence-electron chi connectivity index (χ2n) is 6.39. The van der Waals surface area contributed by atoms with Gasteiger partial charge in [0.05, 0.1) is 5.56 Å². The summed E-state index contributed by atoms with van der Waals surface area (Å²) in [6.45, 7) is 5.57. The lowest BCUT2D eigenvalue weighted by molar-refractivity contribution is 0.1000. The Hall–Kier alpha value is -1.89. The summed E-state index contributed by atoms with van der Waals surface area (Å²) in [6.07, 6.45) is 0.778. The molecular weight excluding hydrogens is 358 g/mol. The van der Waals surface area contributed by atoms with Gasteiger partial charge < -0.3 is 16.0 Å². The predicted molar refractivity (Wildman–Crippen MR) is 104 cm³/mol. The van der Waals surface area contributed by atoms with Crippen LogP contribution in [0.25, 0.3) is 0 Å². The maximum absolute atomic E-state index is 12.6. The minimum atomic E-state index is -0.479. The highest BCUT2D eigenvalue weighted by atomic mass is 35.5. The number of rotatable bonds is 3. The number of carbonyl (C=O) groups excluding carboxylic acids is 2. The summed E-state index contributed by atoms with van der Waals surface area (Å²) < 4.78 is 0. The van der Waals surface area contributed by atoms with Crippen LogP contribution >= 0.6 is 23.7 Å². The summed E-state index contributed by atoms with van der Waals surface area (Å²) in [5, 5.41) is 3.46. The smallest absolute Gasteiger partial charge is 0.256 e. The van der Waals surface area contributed by atoms with Crippen molar-refractivity contribution in [3.05, 3.63) is 50.9 Å². The first-order valence-electron chi connectivity index (χ1n) is 7.87. The van der Waals surface area contributed by atoms with Crippen LogP contribution in [0.15, 0.2) is 18.2 Å². The van der Waals surface area contributed by atoms with E-state index in [2.05, 4.69) is 10.2 Å². The number of anilines is 1.